The molecular formula is C13H20N2O3S. The number of hydrogen-bond acceptors (Lipinski definition) is 5. The third-order valence-corrected chi connectivity index (χ3v) is 3.34. The van der Waals surface area contributed by atoms with Gasteiger partial charge in [-0.1, -0.05) is 0 Å². The van der Waals surface area contributed by atoms with Gasteiger partial charge >= 0.3 is 5.97 Å². The molecule has 0 aliphatic heterocycles. The molecule has 2 atom stereocenters. The van der Waals surface area contributed by atoms with Crippen molar-refractivity contribution in [1.29, 1.82) is 0 Å². The summed E-state index contributed by atoms with van der Waals surface area (Å²) in [4.78, 5) is 15.9. The third-order valence-electron chi connectivity index (χ3n) is 2.52. The molecule has 0 radical (unpaired) electrons. The Kier molecular flexibility index (Phi) is 6.49. The molecule has 1 heterocycles. The van der Waals surface area contributed by atoms with Gasteiger partial charge in [0.2, 0.25) is 0 Å². The molecular weight excluding hydrogens is 264 g/mol. The van der Waals surface area contributed by atoms with Gasteiger partial charge in [-0.25, -0.2) is 9.78 Å². The number of hydrogen-bond donors (Lipinski definition) is 1. The number of anilines is 1. The van der Waals surface area contributed by atoms with Crippen molar-refractivity contribution >= 4 is 22.6 Å². The van der Waals surface area contributed by atoms with E-state index in [4.69, 9.17) is 4.74 Å². The highest BCUT2D eigenvalue weighted by atomic mass is 32.2. The van der Waals surface area contributed by atoms with E-state index < -0.39 is 10.8 Å². The van der Waals surface area contributed by atoms with Crippen LogP contribution < -0.4 is 5.32 Å². The minimum Gasteiger partial charge on any atom is -0.462 e. The highest BCUT2D eigenvalue weighted by Gasteiger charge is 2.14. The van der Waals surface area contributed by atoms with Gasteiger partial charge in [-0.15, -0.1) is 0 Å². The average Bonchev–Trinajstić information content (AvgIpc) is 2.37. The Balaban J connectivity index is 2.72. The number of aromatic nitrogens is 1. The van der Waals surface area contributed by atoms with Gasteiger partial charge in [-0.3, -0.25) is 4.21 Å². The van der Waals surface area contributed by atoms with Crippen LogP contribution in [0, 0.1) is 0 Å². The van der Waals surface area contributed by atoms with E-state index in [1.807, 2.05) is 6.92 Å². The normalized spacial score (nSPS) is 13.6. The van der Waals surface area contributed by atoms with Crippen LogP contribution in [0.15, 0.2) is 18.3 Å². The molecule has 0 bridgehead atoms. The summed E-state index contributed by atoms with van der Waals surface area (Å²) in [5, 5.41) is 3.16. The van der Waals surface area contributed by atoms with Crippen LogP contribution in [0.4, 0.5) is 5.82 Å². The van der Waals surface area contributed by atoms with Crippen LogP contribution in [-0.2, 0) is 15.5 Å². The molecule has 0 aliphatic rings. The average molecular weight is 284 g/mol. The summed E-state index contributed by atoms with van der Waals surface area (Å²) in [7, 11) is -0.813. The second-order valence-corrected chi connectivity index (χ2v) is 5.79. The first kappa shape index (κ1) is 15.6. The van der Waals surface area contributed by atoms with Gasteiger partial charge in [0.15, 0.2) is 0 Å². The maximum atomic E-state index is 11.8. The van der Waals surface area contributed by atoms with Crippen molar-refractivity contribution in [1.82, 2.24) is 4.98 Å². The molecule has 0 aromatic carbocycles. The van der Waals surface area contributed by atoms with Crippen molar-refractivity contribution < 1.29 is 13.7 Å². The van der Waals surface area contributed by atoms with Gasteiger partial charge in [-0.05, 0) is 32.4 Å². The quantitative estimate of drug-likeness (QED) is 0.774. The van der Waals surface area contributed by atoms with Crippen molar-refractivity contribution in [2.75, 3.05) is 23.9 Å². The van der Waals surface area contributed by atoms with Crippen LogP contribution in [0.1, 0.15) is 30.6 Å². The number of rotatable bonds is 7. The van der Waals surface area contributed by atoms with Gasteiger partial charge in [0.05, 0.1) is 6.61 Å². The number of ether oxygens (including phenoxy) is 1. The third kappa shape index (κ3) is 5.38. The Bertz CT molecular complexity index is 451. The fraction of sp³-hybridized carbons (Fsp3) is 0.538. The fourth-order valence-electron chi connectivity index (χ4n) is 1.54. The Morgan fingerprint density at radius 1 is 1.58 bits per heavy atom. The molecule has 6 heteroatoms. The van der Waals surface area contributed by atoms with E-state index >= 15 is 0 Å². The first-order chi connectivity index (χ1) is 9.04. The SMILES string of the molecule is CCOC(=O)c1cccnc1NC(C)CCS(C)=O. The second kappa shape index (κ2) is 7.89. The lowest BCUT2D eigenvalue weighted by Gasteiger charge is -2.15. The molecule has 0 saturated carbocycles. The van der Waals surface area contributed by atoms with Crippen molar-refractivity contribution in [3.8, 4) is 0 Å². The highest BCUT2D eigenvalue weighted by molar-refractivity contribution is 7.84. The number of pyridine rings is 1. The van der Waals surface area contributed by atoms with E-state index in [-0.39, 0.29) is 12.0 Å². The minimum atomic E-state index is -0.813. The molecule has 2 unspecified atom stereocenters. The number of nitrogens with zero attached hydrogens (tertiary/aromatic N) is 1. The Hall–Kier alpha value is -1.43. The Morgan fingerprint density at radius 2 is 2.32 bits per heavy atom. The van der Waals surface area contributed by atoms with E-state index in [0.717, 1.165) is 6.42 Å². The molecule has 0 fully saturated rings. The Morgan fingerprint density at radius 3 is 2.95 bits per heavy atom. The van der Waals surface area contributed by atoms with Gasteiger partial charge in [0, 0.05) is 35.0 Å². The standard InChI is InChI=1S/C13H20N2O3S/c1-4-18-13(16)11-6-5-8-14-12(11)15-10(2)7-9-19(3)17/h5-6,8,10H,4,7,9H2,1-3H3,(H,14,15). The van der Waals surface area contributed by atoms with Gasteiger partial charge in [0.25, 0.3) is 0 Å². The lowest BCUT2D eigenvalue weighted by molar-refractivity contribution is 0.0527. The minimum absolute atomic E-state index is 0.0898. The summed E-state index contributed by atoms with van der Waals surface area (Å²) >= 11 is 0. The van der Waals surface area contributed by atoms with Crippen LogP contribution in [-0.4, -0.2) is 39.8 Å². The molecule has 0 saturated heterocycles. The summed E-state index contributed by atoms with van der Waals surface area (Å²) in [5.74, 6) is 0.745. The van der Waals surface area contributed by atoms with E-state index in [9.17, 15) is 9.00 Å². The molecule has 0 amide bonds. The fourth-order valence-corrected chi connectivity index (χ4v) is 2.23. The smallest absolute Gasteiger partial charge is 0.341 e. The molecule has 106 valence electrons. The zero-order valence-electron chi connectivity index (χ0n) is 11.5. The molecule has 1 N–H and O–H groups in total. The number of carbonyl (C=O) groups is 1. The summed E-state index contributed by atoms with van der Waals surface area (Å²) in [6.07, 6.45) is 4.05. The molecule has 1 rings (SSSR count). The zero-order chi connectivity index (χ0) is 14.3. The maximum Gasteiger partial charge on any atom is 0.341 e. The van der Waals surface area contributed by atoms with E-state index in [0.29, 0.717) is 23.7 Å². The lowest BCUT2D eigenvalue weighted by Crippen LogP contribution is -2.21. The molecule has 1 aromatic heterocycles. The Labute approximate surface area is 116 Å². The molecule has 0 aliphatic carbocycles. The van der Waals surface area contributed by atoms with E-state index in [1.165, 1.54) is 0 Å². The predicted molar refractivity (Wildman–Crippen MR) is 76.8 cm³/mol. The first-order valence-corrected chi connectivity index (χ1v) is 7.96. The molecule has 0 spiro atoms. The van der Waals surface area contributed by atoms with Gasteiger partial charge < -0.3 is 10.1 Å². The zero-order valence-corrected chi connectivity index (χ0v) is 12.3. The van der Waals surface area contributed by atoms with Crippen LogP contribution in [0.5, 0.6) is 0 Å². The van der Waals surface area contributed by atoms with Crippen LogP contribution in [0.2, 0.25) is 0 Å². The number of carbonyl (C=O) groups excluding carboxylic acids is 1. The van der Waals surface area contributed by atoms with Crippen molar-refractivity contribution in [2.45, 2.75) is 26.3 Å². The number of esters is 1. The summed E-state index contributed by atoms with van der Waals surface area (Å²) < 4.78 is 16.0. The largest absolute Gasteiger partial charge is 0.462 e. The topological polar surface area (TPSA) is 68.3 Å². The predicted octanol–water partition coefficient (Wildman–Crippen LogP) is 1.83. The van der Waals surface area contributed by atoms with Crippen LogP contribution in [0.3, 0.4) is 0 Å². The molecule has 19 heavy (non-hydrogen) atoms. The molecule has 5 nitrogen and oxygen atoms in total. The number of nitrogens with one attached hydrogen (secondary N) is 1. The van der Waals surface area contributed by atoms with Crippen LogP contribution in [0.25, 0.3) is 0 Å². The second-order valence-electron chi connectivity index (χ2n) is 4.23. The van der Waals surface area contributed by atoms with Crippen molar-refractivity contribution in [3.63, 3.8) is 0 Å². The van der Waals surface area contributed by atoms with Crippen molar-refractivity contribution in [3.05, 3.63) is 23.9 Å². The highest BCUT2D eigenvalue weighted by Crippen LogP contribution is 2.15. The summed E-state index contributed by atoms with van der Waals surface area (Å²) in [6.45, 7) is 4.06. The van der Waals surface area contributed by atoms with Crippen molar-refractivity contribution in [2.24, 2.45) is 0 Å². The summed E-state index contributed by atoms with van der Waals surface area (Å²) in [6, 6.07) is 3.47. The van der Waals surface area contributed by atoms with Gasteiger partial charge in [0.1, 0.15) is 11.4 Å². The summed E-state index contributed by atoms with van der Waals surface area (Å²) in [5.41, 5.74) is 0.425. The first-order valence-electron chi connectivity index (χ1n) is 6.23. The van der Waals surface area contributed by atoms with E-state index in [1.54, 1.807) is 31.5 Å². The molecule has 1 aromatic rings. The monoisotopic (exact) mass is 284 g/mol. The van der Waals surface area contributed by atoms with E-state index in [2.05, 4.69) is 10.3 Å². The maximum absolute atomic E-state index is 11.8. The van der Waals surface area contributed by atoms with Gasteiger partial charge in [-0.2, -0.15) is 0 Å². The van der Waals surface area contributed by atoms with Crippen LogP contribution >= 0.6 is 0 Å². The lowest BCUT2D eigenvalue weighted by atomic mass is 10.2.